The zero-order valence-electron chi connectivity index (χ0n) is 14.5. The highest BCUT2D eigenvalue weighted by Crippen LogP contribution is 2.19. The molecule has 7 heteroatoms. The van der Waals surface area contributed by atoms with Crippen LogP contribution in [0.2, 0.25) is 5.02 Å². The summed E-state index contributed by atoms with van der Waals surface area (Å²) in [5, 5.41) is 3.17. The topological polar surface area (TPSA) is 73.9 Å². The summed E-state index contributed by atoms with van der Waals surface area (Å²) in [4.78, 5) is 23.8. The normalized spacial score (nSPS) is 11.3. The van der Waals surface area contributed by atoms with Crippen LogP contribution < -0.4 is 14.8 Å². The molecule has 0 fully saturated rings. The zero-order chi connectivity index (χ0) is 18.9. The number of carbonyl (C=O) groups is 2. The fourth-order valence-corrected chi connectivity index (χ4v) is 2.32. The highest BCUT2D eigenvalue weighted by molar-refractivity contribution is 6.30. The Labute approximate surface area is 157 Å². The van der Waals surface area contributed by atoms with Crippen LogP contribution >= 0.6 is 11.6 Å². The van der Waals surface area contributed by atoms with Crippen LogP contribution in [-0.4, -0.2) is 31.7 Å². The number of nitrogens with one attached hydrogen (secondary N) is 1. The molecule has 26 heavy (non-hydrogen) atoms. The lowest BCUT2D eigenvalue weighted by Gasteiger charge is -2.14. The first-order valence-corrected chi connectivity index (χ1v) is 8.35. The standard InChI is InChI=1S/C19H20ClNO5/c1-13(26-16-8-5-7-15(20)10-16)19(23)25-12-18(22)21-11-14-6-3-4-9-17(14)24-2/h3-10,13H,11-12H2,1-2H3,(H,21,22). The molecular formula is C19H20ClNO5. The summed E-state index contributed by atoms with van der Waals surface area (Å²) in [7, 11) is 1.56. The summed E-state index contributed by atoms with van der Waals surface area (Å²) < 4.78 is 15.6. The second-order valence-electron chi connectivity index (χ2n) is 5.41. The minimum absolute atomic E-state index is 0.273. The van der Waals surface area contributed by atoms with Crippen molar-refractivity contribution < 1.29 is 23.8 Å². The fourth-order valence-electron chi connectivity index (χ4n) is 2.14. The molecule has 0 aliphatic heterocycles. The molecule has 2 aromatic carbocycles. The number of halogens is 1. The quantitative estimate of drug-likeness (QED) is 0.716. The van der Waals surface area contributed by atoms with Gasteiger partial charge in [0.15, 0.2) is 12.7 Å². The van der Waals surface area contributed by atoms with Crippen LogP contribution in [0.1, 0.15) is 12.5 Å². The minimum atomic E-state index is -0.865. The van der Waals surface area contributed by atoms with E-state index >= 15 is 0 Å². The van der Waals surface area contributed by atoms with Gasteiger partial charge >= 0.3 is 5.97 Å². The van der Waals surface area contributed by atoms with Crippen LogP contribution in [0.5, 0.6) is 11.5 Å². The molecule has 6 nitrogen and oxygen atoms in total. The Kier molecular flexibility index (Phi) is 7.29. The molecule has 0 spiro atoms. The van der Waals surface area contributed by atoms with Crippen LogP contribution in [0.3, 0.4) is 0 Å². The molecule has 0 aromatic heterocycles. The molecule has 2 rings (SSSR count). The van der Waals surface area contributed by atoms with Crippen molar-refractivity contribution in [3.63, 3.8) is 0 Å². The maximum atomic E-state index is 11.9. The Morgan fingerprint density at radius 2 is 1.92 bits per heavy atom. The maximum absolute atomic E-state index is 11.9. The van der Waals surface area contributed by atoms with Gasteiger partial charge in [-0.15, -0.1) is 0 Å². The Hall–Kier alpha value is -2.73. The molecule has 0 radical (unpaired) electrons. The van der Waals surface area contributed by atoms with Gasteiger partial charge in [-0.2, -0.15) is 0 Å². The van der Waals surface area contributed by atoms with E-state index in [1.807, 2.05) is 18.2 Å². The molecule has 0 bridgehead atoms. The van der Waals surface area contributed by atoms with Gasteiger partial charge in [-0.25, -0.2) is 4.79 Å². The number of carbonyl (C=O) groups excluding carboxylic acids is 2. The van der Waals surface area contributed by atoms with Crippen LogP contribution in [0.25, 0.3) is 0 Å². The van der Waals surface area contributed by atoms with E-state index in [4.69, 9.17) is 25.8 Å². The third kappa shape index (κ3) is 5.97. The zero-order valence-corrected chi connectivity index (χ0v) is 15.3. The van der Waals surface area contributed by atoms with Crippen molar-refractivity contribution >= 4 is 23.5 Å². The molecule has 0 saturated heterocycles. The average molecular weight is 378 g/mol. The van der Waals surface area contributed by atoms with Crippen LogP contribution in [0.15, 0.2) is 48.5 Å². The van der Waals surface area contributed by atoms with Gasteiger partial charge in [0.25, 0.3) is 5.91 Å². The van der Waals surface area contributed by atoms with E-state index in [0.717, 1.165) is 5.56 Å². The monoisotopic (exact) mass is 377 g/mol. The Balaban J connectivity index is 1.76. The molecule has 1 amide bonds. The molecule has 138 valence electrons. The summed E-state index contributed by atoms with van der Waals surface area (Å²) in [5.41, 5.74) is 0.826. The lowest BCUT2D eigenvalue weighted by molar-refractivity contribution is -0.154. The number of methoxy groups -OCH3 is 1. The van der Waals surface area contributed by atoms with Gasteiger partial charge in [-0.05, 0) is 31.2 Å². The van der Waals surface area contributed by atoms with Gasteiger partial charge in [0, 0.05) is 17.1 Å². The first-order chi connectivity index (χ1) is 12.5. The first-order valence-electron chi connectivity index (χ1n) is 7.97. The number of esters is 1. The Morgan fingerprint density at radius 1 is 1.15 bits per heavy atom. The average Bonchev–Trinajstić information content (AvgIpc) is 2.64. The summed E-state index contributed by atoms with van der Waals surface area (Å²) >= 11 is 5.86. The van der Waals surface area contributed by atoms with Crippen molar-refractivity contribution in [1.82, 2.24) is 5.32 Å². The van der Waals surface area contributed by atoms with Crippen molar-refractivity contribution in [1.29, 1.82) is 0 Å². The van der Waals surface area contributed by atoms with Gasteiger partial charge in [-0.3, -0.25) is 4.79 Å². The second kappa shape index (κ2) is 9.68. The van der Waals surface area contributed by atoms with Crippen LogP contribution in [-0.2, 0) is 20.9 Å². The highest BCUT2D eigenvalue weighted by atomic mass is 35.5. The molecule has 1 N–H and O–H groups in total. The van der Waals surface area contributed by atoms with Crippen molar-refractivity contribution in [2.45, 2.75) is 19.6 Å². The third-order valence-electron chi connectivity index (χ3n) is 3.45. The number of para-hydroxylation sites is 1. The first kappa shape index (κ1) is 19.6. The SMILES string of the molecule is COc1ccccc1CNC(=O)COC(=O)C(C)Oc1cccc(Cl)c1. The van der Waals surface area contributed by atoms with Crippen molar-refractivity contribution in [2.24, 2.45) is 0 Å². The number of ether oxygens (including phenoxy) is 3. The molecule has 1 unspecified atom stereocenters. The Morgan fingerprint density at radius 3 is 2.65 bits per heavy atom. The largest absolute Gasteiger partial charge is 0.496 e. The molecule has 0 saturated carbocycles. The summed E-state index contributed by atoms with van der Waals surface area (Å²) in [6.07, 6.45) is -0.865. The lowest BCUT2D eigenvalue weighted by atomic mass is 10.2. The molecular weight excluding hydrogens is 358 g/mol. The van der Waals surface area contributed by atoms with E-state index in [2.05, 4.69) is 5.32 Å². The maximum Gasteiger partial charge on any atom is 0.347 e. The Bertz CT molecular complexity index is 765. The van der Waals surface area contributed by atoms with E-state index in [0.29, 0.717) is 16.5 Å². The highest BCUT2D eigenvalue weighted by Gasteiger charge is 2.18. The molecule has 1 atom stereocenters. The summed E-state index contributed by atoms with van der Waals surface area (Å²) in [5.74, 6) is 0.0625. The number of hydrogen-bond acceptors (Lipinski definition) is 5. The predicted octanol–water partition coefficient (Wildman–Crippen LogP) is 2.98. The van der Waals surface area contributed by atoms with Crippen LogP contribution in [0, 0.1) is 0 Å². The van der Waals surface area contributed by atoms with Gasteiger partial charge < -0.3 is 19.5 Å². The third-order valence-corrected chi connectivity index (χ3v) is 3.69. The van der Waals surface area contributed by atoms with Gasteiger partial charge in [0.2, 0.25) is 0 Å². The number of benzene rings is 2. The van der Waals surface area contributed by atoms with Crippen molar-refractivity contribution in [3.05, 3.63) is 59.1 Å². The number of hydrogen-bond donors (Lipinski definition) is 1. The number of amides is 1. The van der Waals surface area contributed by atoms with E-state index < -0.39 is 24.6 Å². The van der Waals surface area contributed by atoms with Crippen LogP contribution in [0.4, 0.5) is 0 Å². The van der Waals surface area contributed by atoms with E-state index in [1.54, 1.807) is 37.4 Å². The van der Waals surface area contributed by atoms with Crippen molar-refractivity contribution in [2.75, 3.05) is 13.7 Å². The van der Waals surface area contributed by atoms with Gasteiger partial charge in [0.05, 0.1) is 7.11 Å². The lowest BCUT2D eigenvalue weighted by Crippen LogP contribution is -2.32. The van der Waals surface area contributed by atoms with E-state index in [9.17, 15) is 9.59 Å². The van der Waals surface area contributed by atoms with E-state index in [1.165, 1.54) is 6.92 Å². The number of rotatable bonds is 8. The minimum Gasteiger partial charge on any atom is -0.496 e. The molecule has 0 aliphatic rings. The van der Waals surface area contributed by atoms with Gasteiger partial charge in [-0.1, -0.05) is 35.9 Å². The predicted molar refractivity (Wildman–Crippen MR) is 97.3 cm³/mol. The van der Waals surface area contributed by atoms with Crippen molar-refractivity contribution in [3.8, 4) is 11.5 Å². The van der Waals surface area contributed by atoms with E-state index in [-0.39, 0.29) is 6.54 Å². The second-order valence-corrected chi connectivity index (χ2v) is 5.85. The molecule has 0 aliphatic carbocycles. The summed E-state index contributed by atoms with van der Waals surface area (Å²) in [6, 6.07) is 14.0. The summed E-state index contributed by atoms with van der Waals surface area (Å²) in [6.45, 7) is 1.42. The molecule has 2 aromatic rings. The van der Waals surface area contributed by atoms with Gasteiger partial charge in [0.1, 0.15) is 11.5 Å². The molecule has 0 heterocycles. The fraction of sp³-hybridized carbons (Fsp3) is 0.263. The smallest absolute Gasteiger partial charge is 0.347 e.